The minimum absolute atomic E-state index is 0.0561. The van der Waals surface area contributed by atoms with Crippen LogP contribution in [0, 0.1) is 11.6 Å². The molecule has 1 N–H and O–H groups in total. The standard InChI is InChI=1S/C28H34F2N4O4S/c1-18-5-10-25(34(18)39(37)22-8-6-21(29)7-9-22)26(35)32-16-20-15-24(31-17-23(20)30)19-11-13-33(14-12-19)27(36)38-28(2,3)4/h6-9,11,15,17-18,25H,5,10,12-14,16H2,1-4H3,(H,32,35)/t18?,25-,39?/m0/s1. The van der Waals surface area contributed by atoms with Gasteiger partial charge in [0.2, 0.25) is 5.91 Å². The number of benzene rings is 1. The first-order valence-corrected chi connectivity index (χ1v) is 14.1. The van der Waals surface area contributed by atoms with Gasteiger partial charge >= 0.3 is 6.09 Å². The van der Waals surface area contributed by atoms with Gasteiger partial charge in [-0.15, -0.1) is 0 Å². The van der Waals surface area contributed by atoms with E-state index in [-0.39, 0.29) is 30.2 Å². The van der Waals surface area contributed by atoms with Crippen LogP contribution in [0.5, 0.6) is 0 Å². The molecule has 0 spiro atoms. The molecule has 0 aliphatic carbocycles. The summed E-state index contributed by atoms with van der Waals surface area (Å²) < 4.78 is 48.2. The van der Waals surface area contributed by atoms with Crippen molar-refractivity contribution in [3.63, 3.8) is 0 Å². The Kier molecular flexibility index (Phi) is 8.80. The van der Waals surface area contributed by atoms with Gasteiger partial charge in [0.25, 0.3) is 0 Å². The fourth-order valence-corrected chi connectivity index (χ4v) is 6.12. The Labute approximate surface area is 230 Å². The molecule has 0 saturated carbocycles. The minimum atomic E-state index is -1.64. The summed E-state index contributed by atoms with van der Waals surface area (Å²) in [6.07, 6.45) is 4.33. The number of ether oxygens (including phenoxy) is 1. The Hall–Kier alpha value is -3.18. The number of carbonyl (C=O) groups excluding carboxylic acids is 2. The Morgan fingerprint density at radius 3 is 2.54 bits per heavy atom. The van der Waals surface area contributed by atoms with Gasteiger partial charge in [0.15, 0.2) is 0 Å². The van der Waals surface area contributed by atoms with E-state index >= 15 is 0 Å². The second-order valence-electron chi connectivity index (χ2n) is 10.8. The number of amides is 2. The van der Waals surface area contributed by atoms with E-state index < -0.39 is 34.3 Å². The van der Waals surface area contributed by atoms with E-state index in [1.807, 2.05) is 33.8 Å². The monoisotopic (exact) mass is 560 g/mol. The van der Waals surface area contributed by atoms with Gasteiger partial charge in [-0.3, -0.25) is 9.78 Å². The van der Waals surface area contributed by atoms with Crippen molar-refractivity contribution in [1.82, 2.24) is 19.5 Å². The number of hydrogen-bond donors (Lipinski definition) is 1. The Morgan fingerprint density at radius 2 is 1.90 bits per heavy atom. The van der Waals surface area contributed by atoms with Crippen molar-refractivity contribution in [3.8, 4) is 0 Å². The normalized spacial score (nSPS) is 20.9. The molecule has 2 aliphatic rings. The molecule has 39 heavy (non-hydrogen) atoms. The molecule has 2 amide bonds. The SMILES string of the molecule is CC1CC[C@@H](C(=O)NCc2cc(C3=CCN(C(=O)OC(C)(C)C)CC3)ncc2F)N1S(=O)c1ccc(F)cc1. The van der Waals surface area contributed by atoms with E-state index in [0.29, 0.717) is 42.9 Å². The molecule has 3 atom stereocenters. The maximum atomic E-state index is 14.6. The average Bonchev–Trinajstić information content (AvgIpc) is 3.28. The highest BCUT2D eigenvalue weighted by Gasteiger charge is 2.39. The maximum Gasteiger partial charge on any atom is 0.410 e. The second-order valence-corrected chi connectivity index (χ2v) is 12.2. The number of nitrogens with one attached hydrogen (secondary N) is 1. The third-order valence-corrected chi connectivity index (χ3v) is 8.36. The Balaban J connectivity index is 1.40. The number of rotatable bonds is 6. The van der Waals surface area contributed by atoms with Crippen LogP contribution in [0.3, 0.4) is 0 Å². The molecular weight excluding hydrogens is 526 g/mol. The summed E-state index contributed by atoms with van der Waals surface area (Å²) in [6.45, 7) is 8.09. The smallest absolute Gasteiger partial charge is 0.410 e. The van der Waals surface area contributed by atoms with Gasteiger partial charge < -0.3 is 15.0 Å². The highest BCUT2D eigenvalue weighted by Crippen LogP contribution is 2.29. The van der Waals surface area contributed by atoms with Crippen molar-refractivity contribution in [2.24, 2.45) is 0 Å². The number of carbonyl (C=O) groups is 2. The first-order valence-electron chi connectivity index (χ1n) is 13.0. The summed E-state index contributed by atoms with van der Waals surface area (Å²) in [7, 11) is -1.64. The summed E-state index contributed by atoms with van der Waals surface area (Å²) in [5.74, 6) is -1.32. The molecule has 2 aliphatic heterocycles. The van der Waals surface area contributed by atoms with Gasteiger partial charge in [-0.05, 0) is 82.9 Å². The summed E-state index contributed by atoms with van der Waals surface area (Å²) in [5.41, 5.74) is 1.16. The van der Waals surface area contributed by atoms with Gasteiger partial charge in [0.05, 0.1) is 16.8 Å². The fourth-order valence-electron chi connectivity index (χ4n) is 4.64. The Bertz CT molecular complexity index is 1280. The molecule has 2 unspecified atom stereocenters. The second kappa shape index (κ2) is 11.9. The van der Waals surface area contributed by atoms with Crippen molar-refractivity contribution >= 4 is 28.6 Å². The minimum Gasteiger partial charge on any atom is -0.444 e. The third-order valence-electron chi connectivity index (χ3n) is 6.69. The van der Waals surface area contributed by atoms with Crippen LogP contribution in [0.15, 0.2) is 47.5 Å². The molecule has 11 heteroatoms. The predicted octanol–water partition coefficient (Wildman–Crippen LogP) is 4.58. The molecule has 1 saturated heterocycles. The van der Waals surface area contributed by atoms with E-state index in [0.717, 1.165) is 11.8 Å². The molecule has 1 fully saturated rings. The average molecular weight is 561 g/mol. The van der Waals surface area contributed by atoms with Gasteiger partial charge in [-0.2, -0.15) is 0 Å². The lowest BCUT2D eigenvalue weighted by Crippen LogP contribution is -2.46. The van der Waals surface area contributed by atoms with Crippen molar-refractivity contribution in [1.29, 1.82) is 0 Å². The zero-order chi connectivity index (χ0) is 28.3. The largest absolute Gasteiger partial charge is 0.444 e. The fraction of sp³-hybridized carbons (Fsp3) is 0.464. The first kappa shape index (κ1) is 28.8. The van der Waals surface area contributed by atoms with E-state index in [9.17, 15) is 22.6 Å². The Morgan fingerprint density at radius 1 is 1.18 bits per heavy atom. The molecule has 2 aromatic rings. The molecule has 210 valence electrons. The summed E-state index contributed by atoms with van der Waals surface area (Å²) >= 11 is 0. The predicted molar refractivity (Wildman–Crippen MR) is 144 cm³/mol. The van der Waals surface area contributed by atoms with Crippen LogP contribution in [-0.2, 0) is 27.1 Å². The van der Waals surface area contributed by atoms with Crippen LogP contribution in [-0.4, -0.2) is 61.2 Å². The van der Waals surface area contributed by atoms with E-state index in [2.05, 4.69) is 10.3 Å². The van der Waals surface area contributed by atoms with E-state index in [1.54, 1.807) is 15.3 Å². The van der Waals surface area contributed by atoms with Crippen molar-refractivity contribution in [2.75, 3.05) is 13.1 Å². The van der Waals surface area contributed by atoms with Crippen LogP contribution < -0.4 is 5.32 Å². The summed E-state index contributed by atoms with van der Waals surface area (Å²) in [6, 6.07) is 6.21. The molecule has 3 heterocycles. The lowest BCUT2D eigenvalue weighted by molar-refractivity contribution is -0.124. The molecule has 0 bridgehead atoms. The maximum absolute atomic E-state index is 14.6. The quantitative estimate of drug-likeness (QED) is 0.559. The van der Waals surface area contributed by atoms with Crippen LogP contribution in [0.4, 0.5) is 13.6 Å². The van der Waals surface area contributed by atoms with Gasteiger partial charge in [0, 0.05) is 31.2 Å². The summed E-state index contributed by atoms with van der Waals surface area (Å²) in [4.78, 5) is 31.7. The molecule has 1 aromatic heterocycles. The zero-order valence-corrected chi connectivity index (χ0v) is 23.4. The number of pyridine rings is 1. The van der Waals surface area contributed by atoms with Crippen molar-refractivity contribution in [3.05, 3.63) is 65.5 Å². The zero-order valence-electron chi connectivity index (χ0n) is 22.6. The molecule has 4 rings (SSSR count). The molecule has 8 nitrogen and oxygen atoms in total. The van der Waals surface area contributed by atoms with Crippen LogP contribution >= 0.6 is 0 Å². The van der Waals surface area contributed by atoms with Crippen molar-refractivity contribution < 1.29 is 27.3 Å². The van der Waals surface area contributed by atoms with Crippen LogP contribution in [0.2, 0.25) is 0 Å². The highest BCUT2D eigenvalue weighted by atomic mass is 32.2. The van der Waals surface area contributed by atoms with Gasteiger partial charge in [-0.25, -0.2) is 22.1 Å². The topological polar surface area (TPSA) is 91.8 Å². The van der Waals surface area contributed by atoms with Gasteiger partial charge in [0.1, 0.15) is 34.3 Å². The molecule has 0 radical (unpaired) electrons. The summed E-state index contributed by atoms with van der Waals surface area (Å²) in [5, 5.41) is 2.79. The highest BCUT2D eigenvalue weighted by molar-refractivity contribution is 7.82. The lowest BCUT2D eigenvalue weighted by Gasteiger charge is -2.29. The lowest BCUT2D eigenvalue weighted by atomic mass is 10.0. The van der Waals surface area contributed by atoms with Gasteiger partial charge in [-0.1, -0.05) is 6.08 Å². The van der Waals surface area contributed by atoms with E-state index in [4.69, 9.17) is 4.74 Å². The van der Waals surface area contributed by atoms with E-state index in [1.165, 1.54) is 24.3 Å². The first-order chi connectivity index (χ1) is 18.4. The van der Waals surface area contributed by atoms with Crippen LogP contribution in [0.1, 0.15) is 58.2 Å². The number of nitrogens with zero attached hydrogens (tertiary/aromatic N) is 3. The van der Waals surface area contributed by atoms with Crippen molar-refractivity contribution in [2.45, 2.75) is 76.1 Å². The van der Waals surface area contributed by atoms with Crippen LogP contribution in [0.25, 0.3) is 5.57 Å². The molecule has 1 aromatic carbocycles. The molecular formula is C28H34F2N4O4S. The number of hydrogen-bond acceptors (Lipinski definition) is 5. The number of halogens is 2. The number of aromatic nitrogens is 1. The third kappa shape index (κ3) is 7.07.